The smallest absolute Gasteiger partial charge is 0.423 e. The molecule has 0 aromatic heterocycles. The van der Waals surface area contributed by atoms with Crippen molar-refractivity contribution in [2.75, 3.05) is 5.32 Å². The fraction of sp³-hybridized carbons (Fsp3) is 0.214. The lowest BCUT2D eigenvalue weighted by molar-refractivity contribution is -0.222. The highest BCUT2D eigenvalue weighted by Gasteiger charge is 2.39. The Morgan fingerprint density at radius 1 is 1.26 bits per heavy atom. The molecule has 0 aliphatic carbocycles. The molecule has 8 nitrogen and oxygen atoms in total. The molecule has 2 rings (SSSR count). The van der Waals surface area contributed by atoms with Crippen molar-refractivity contribution in [2.24, 2.45) is 0 Å². The van der Waals surface area contributed by atoms with Crippen molar-refractivity contribution in [1.29, 1.82) is 5.26 Å². The molecule has 1 fully saturated rings. The van der Waals surface area contributed by atoms with Gasteiger partial charge < -0.3 is 24.8 Å². The number of nitrogens with zero attached hydrogens (tertiary/aromatic N) is 1. The van der Waals surface area contributed by atoms with Crippen molar-refractivity contribution >= 4 is 30.2 Å². The van der Waals surface area contributed by atoms with Gasteiger partial charge in [-0.3, -0.25) is 0 Å². The summed E-state index contributed by atoms with van der Waals surface area (Å²) >= 11 is 0. The Bertz CT molecular complexity index is 713. The van der Waals surface area contributed by atoms with Gasteiger partial charge in [0.05, 0.1) is 11.6 Å². The van der Waals surface area contributed by atoms with Crippen LogP contribution in [0.3, 0.4) is 0 Å². The van der Waals surface area contributed by atoms with E-state index in [1.807, 2.05) is 6.07 Å². The first-order valence-electron chi connectivity index (χ1n) is 6.57. The summed E-state index contributed by atoms with van der Waals surface area (Å²) in [4.78, 5) is 23.6. The van der Waals surface area contributed by atoms with E-state index in [0.717, 1.165) is 6.20 Å². The van der Waals surface area contributed by atoms with Crippen LogP contribution >= 0.6 is 0 Å². The quantitative estimate of drug-likeness (QED) is 0.291. The monoisotopic (exact) mass is 316 g/mol. The van der Waals surface area contributed by atoms with E-state index in [1.54, 1.807) is 0 Å². The zero-order valence-corrected chi connectivity index (χ0v) is 12.4. The molecule has 118 valence electrons. The van der Waals surface area contributed by atoms with Crippen molar-refractivity contribution in [2.45, 2.75) is 19.6 Å². The van der Waals surface area contributed by atoms with Gasteiger partial charge in [-0.25, -0.2) is 9.59 Å². The van der Waals surface area contributed by atoms with Gasteiger partial charge in [0.2, 0.25) is 0 Å². The minimum absolute atomic E-state index is 0.0683. The lowest BCUT2D eigenvalue weighted by Crippen LogP contribution is -2.42. The van der Waals surface area contributed by atoms with Gasteiger partial charge >= 0.3 is 19.1 Å². The summed E-state index contributed by atoms with van der Waals surface area (Å²) in [6.45, 7) is 2.84. The minimum Gasteiger partial charge on any atom is -0.423 e. The van der Waals surface area contributed by atoms with Gasteiger partial charge in [-0.15, -0.1) is 0 Å². The molecule has 0 radical (unpaired) electrons. The third-order valence-corrected chi connectivity index (χ3v) is 2.95. The highest BCUT2D eigenvalue weighted by atomic mass is 16.7. The molecule has 1 aromatic rings. The van der Waals surface area contributed by atoms with Gasteiger partial charge in [-0.2, -0.15) is 5.26 Å². The number of cyclic esters (lactones) is 2. The Morgan fingerprint density at radius 2 is 1.87 bits per heavy atom. The van der Waals surface area contributed by atoms with Crippen molar-refractivity contribution in [3.05, 3.63) is 35.5 Å². The first kappa shape index (κ1) is 16.5. The number of hydrogen-bond donors (Lipinski definition) is 3. The second kappa shape index (κ2) is 6.12. The highest BCUT2D eigenvalue weighted by Crippen LogP contribution is 2.22. The maximum atomic E-state index is 11.8. The van der Waals surface area contributed by atoms with Crippen molar-refractivity contribution in [3.63, 3.8) is 0 Å². The summed E-state index contributed by atoms with van der Waals surface area (Å²) in [5.74, 6) is -3.10. The van der Waals surface area contributed by atoms with Gasteiger partial charge in [0.25, 0.3) is 5.79 Å². The van der Waals surface area contributed by atoms with Crippen LogP contribution in [-0.2, 0) is 19.1 Å². The van der Waals surface area contributed by atoms with Crippen LogP contribution in [0.5, 0.6) is 0 Å². The highest BCUT2D eigenvalue weighted by molar-refractivity contribution is 6.60. The fourth-order valence-electron chi connectivity index (χ4n) is 1.90. The number of esters is 2. The molecule has 0 amide bonds. The van der Waals surface area contributed by atoms with Crippen LogP contribution in [-0.4, -0.2) is 34.9 Å². The molecule has 1 heterocycles. The second-order valence-electron chi connectivity index (χ2n) is 5.17. The molecule has 3 N–H and O–H groups in total. The molecule has 0 unspecified atom stereocenters. The predicted molar refractivity (Wildman–Crippen MR) is 79.0 cm³/mol. The number of anilines is 1. The molecule has 0 spiro atoms. The first-order valence-corrected chi connectivity index (χ1v) is 6.57. The molecular weight excluding hydrogens is 303 g/mol. The predicted octanol–water partition coefficient (Wildman–Crippen LogP) is -0.630. The molecular formula is C14H13BN2O6. The van der Waals surface area contributed by atoms with Crippen LogP contribution in [0.4, 0.5) is 5.69 Å². The molecule has 0 bridgehead atoms. The van der Waals surface area contributed by atoms with E-state index >= 15 is 0 Å². The van der Waals surface area contributed by atoms with Crippen LogP contribution in [0, 0.1) is 11.3 Å². The van der Waals surface area contributed by atoms with Crippen molar-refractivity contribution in [3.8, 4) is 6.07 Å². The van der Waals surface area contributed by atoms with Crippen LogP contribution in [0.1, 0.15) is 19.4 Å². The van der Waals surface area contributed by atoms with E-state index in [4.69, 9.17) is 14.7 Å². The largest absolute Gasteiger partial charge is 0.490 e. The Morgan fingerprint density at radius 3 is 2.39 bits per heavy atom. The van der Waals surface area contributed by atoms with E-state index in [2.05, 4.69) is 5.32 Å². The number of carbonyl (C=O) groups is 2. The number of rotatable bonds is 3. The topological polar surface area (TPSA) is 129 Å². The van der Waals surface area contributed by atoms with Crippen LogP contribution in [0.15, 0.2) is 30.0 Å². The second-order valence-corrected chi connectivity index (χ2v) is 5.17. The van der Waals surface area contributed by atoms with Crippen LogP contribution in [0.25, 0.3) is 0 Å². The van der Waals surface area contributed by atoms with Gasteiger partial charge in [-0.05, 0) is 12.1 Å². The van der Waals surface area contributed by atoms with E-state index in [0.29, 0.717) is 0 Å². The van der Waals surface area contributed by atoms with E-state index < -0.39 is 24.8 Å². The third-order valence-electron chi connectivity index (χ3n) is 2.95. The number of carbonyl (C=O) groups excluding carboxylic acids is 2. The number of benzene rings is 1. The normalized spacial score (nSPS) is 16.0. The van der Waals surface area contributed by atoms with Gasteiger partial charge in [0, 0.05) is 31.2 Å². The maximum Gasteiger partial charge on any atom is 0.490 e. The summed E-state index contributed by atoms with van der Waals surface area (Å²) in [7, 11) is -1.80. The molecule has 1 aliphatic rings. The van der Waals surface area contributed by atoms with Crippen molar-refractivity contribution < 1.29 is 29.1 Å². The zero-order valence-electron chi connectivity index (χ0n) is 12.4. The minimum atomic E-state index is -1.80. The number of hydrogen-bond acceptors (Lipinski definition) is 8. The Labute approximate surface area is 132 Å². The standard InChI is InChI=1S/C14H13BN2O6/c1-14(2)22-12(18)9(13(19)23-14)7-17-11-5-8(6-16)3-4-10(11)15(20)21/h3-5,7,17,20-21H,1-2H3. The molecule has 9 heteroatoms. The lowest BCUT2D eigenvalue weighted by Gasteiger charge is -2.29. The first-order chi connectivity index (χ1) is 10.7. The van der Waals surface area contributed by atoms with Crippen molar-refractivity contribution in [1.82, 2.24) is 0 Å². The SMILES string of the molecule is CC1(C)OC(=O)C(=CNc2cc(C#N)ccc2B(O)O)C(=O)O1. The molecule has 0 saturated carbocycles. The van der Waals surface area contributed by atoms with Gasteiger partial charge in [0.15, 0.2) is 5.57 Å². The lowest BCUT2D eigenvalue weighted by atomic mass is 9.78. The summed E-state index contributed by atoms with van der Waals surface area (Å²) in [6.07, 6.45) is 1.03. The number of nitriles is 1. The summed E-state index contributed by atoms with van der Waals surface area (Å²) in [6, 6.07) is 5.97. The average Bonchev–Trinajstić information content (AvgIpc) is 2.44. The third kappa shape index (κ3) is 3.69. The summed E-state index contributed by atoms with van der Waals surface area (Å²) in [5.41, 5.74) is 0.0889. The van der Waals surface area contributed by atoms with E-state index in [-0.39, 0.29) is 22.3 Å². The van der Waals surface area contributed by atoms with Gasteiger partial charge in [-0.1, -0.05) is 6.07 Å². The summed E-state index contributed by atoms with van der Waals surface area (Å²) in [5, 5.41) is 30.1. The average molecular weight is 316 g/mol. The Balaban J connectivity index is 2.31. The molecule has 0 atom stereocenters. The zero-order chi connectivity index (χ0) is 17.2. The Kier molecular flexibility index (Phi) is 4.40. The fourth-order valence-corrected chi connectivity index (χ4v) is 1.90. The number of nitrogens with one attached hydrogen (secondary N) is 1. The Hall–Kier alpha value is -2.83. The summed E-state index contributed by atoms with van der Waals surface area (Å²) < 4.78 is 9.85. The maximum absolute atomic E-state index is 11.8. The number of ether oxygens (including phenoxy) is 2. The molecule has 23 heavy (non-hydrogen) atoms. The van der Waals surface area contributed by atoms with E-state index in [9.17, 15) is 19.6 Å². The molecule has 1 aliphatic heterocycles. The van der Waals surface area contributed by atoms with Gasteiger partial charge in [0.1, 0.15) is 0 Å². The van der Waals surface area contributed by atoms with Crippen LogP contribution < -0.4 is 10.8 Å². The molecule has 1 saturated heterocycles. The molecule has 1 aromatic carbocycles. The van der Waals surface area contributed by atoms with E-state index in [1.165, 1.54) is 32.0 Å². The van der Waals surface area contributed by atoms with Crippen LogP contribution in [0.2, 0.25) is 0 Å².